The first kappa shape index (κ1) is 14.8. The van der Waals surface area contributed by atoms with Gasteiger partial charge in [0.1, 0.15) is 0 Å². The van der Waals surface area contributed by atoms with E-state index in [0.717, 1.165) is 50.7 Å². The molecule has 1 saturated carbocycles. The topological polar surface area (TPSA) is 67.2 Å². The molecule has 1 amide bonds. The molecule has 0 N–H and O–H groups in total. The van der Waals surface area contributed by atoms with E-state index in [1.807, 2.05) is 16.5 Å². The highest BCUT2D eigenvalue weighted by molar-refractivity contribution is 8.00. The van der Waals surface area contributed by atoms with Gasteiger partial charge in [-0.15, -0.1) is 5.10 Å². The van der Waals surface area contributed by atoms with Crippen molar-refractivity contribution >= 4 is 17.7 Å². The fourth-order valence-electron chi connectivity index (χ4n) is 2.56. The molecule has 0 bridgehead atoms. The van der Waals surface area contributed by atoms with Gasteiger partial charge in [-0.25, -0.2) is 4.68 Å². The van der Waals surface area contributed by atoms with Crippen LogP contribution in [0, 0.1) is 0 Å². The van der Waals surface area contributed by atoms with Gasteiger partial charge in [-0.1, -0.05) is 18.7 Å². The second-order valence-corrected chi connectivity index (χ2v) is 6.96. The predicted molar refractivity (Wildman–Crippen MR) is 80.1 cm³/mol. The maximum Gasteiger partial charge on any atom is 0.235 e. The van der Waals surface area contributed by atoms with Gasteiger partial charge in [0.2, 0.25) is 11.1 Å². The molecule has 1 aliphatic heterocycles. The van der Waals surface area contributed by atoms with Gasteiger partial charge in [0, 0.05) is 26.2 Å². The van der Waals surface area contributed by atoms with Gasteiger partial charge in [0.05, 0.1) is 11.3 Å². The van der Waals surface area contributed by atoms with Crippen LogP contribution in [0.5, 0.6) is 0 Å². The monoisotopic (exact) mass is 310 g/mol. The van der Waals surface area contributed by atoms with E-state index in [1.165, 1.54) is 11.8 Å². The number of piperazine rings is 1. The van der Waals surface area contributed by atoms with Crippen molar-refractivity contribution in [1.82, 2.24) is 30.0 Å². The summed E-state index contributed by atoms with van der Waals surface area (Å²) < 4.78 is 1.86. The molecule has 2 aliphatic rings. The lowest BCUT2D eigenvalue weighted by molar-refractivity contribution is -0.132. The molecule has 1 atom stereocenters. The van der Waals surface area contributed by atoms with Crippen LogP contribution in [0.25, 0.3) is 0 Å². The summed E-state index contributed by atoms with van der Waals surface area (Å²) in [5.41, 5.74) is 0. The molecule has 1 aromatic rings. The number of thioether (sulfide) groups is 1. The highest BCUT2D eigenvalue weighted by atomic mass is 32.2. The fourth-order valence-corrected chi connectivity index (χ4v) is 3.50. The number of tetrazole rings is 1. The van der Waals surface area contributed by atoms with Crippen molar-refractivity contribution in [3.63, 3.8) is 0 Å². The van der Waals surface area contributed by atoms with Crippen LogP contribution in [0.15, 0.2) is 5.16 Å². The van der Waals surface area contributed by atoms with Crippen LogP contribution in [0.3, 0.4) is 0 Å². The van der Waals surface area contributed by atoms with Gasteiger partial charge in [-0.2, -0.15) is 0 Å². The minimum atomic E-state index is -0.137. The largest absolute Gasteiger partial charge is 0.339 e. The third-order valence-electron chi connectivity index (χ3n) is 4.12. The maximum absolute atomic E-state index is 12.5. The lowest BCUT2D eigenvalue weighted by Crippen LogP contribution is -2.50. The molecule has 116 valence electrons. The van der Waals surface area contributed by atoms with Crippen LogP contribution in [-0.4, -0.2) is 73.9 Å². The molecule has 1 aliphatic carbocycles. The minimum absolute atomic E-state index is 0.137. The summed E-state index contributed by atoms with van der Waals surface area (Å²) >= 11 is 1.48. The average molecular weight is 310 g/mol. The van der Waals surface area contributed by atoms with Crippen molar-refractivity contribution in [1.29, 1.82) is 0 Å². The Bertz CT molecular complexity index is 495. The van der Waals surface area contributed by atoms with Gasteiger partial charge < -0.3 is 9.80 Å². The van der Waals surface area contributed by atoms with Crippen LogP contribution in [0.4, 0.5) is 0 Å². The number of hydrogen-bond acceptors (Lipinski definition) is 6. The number of carbonyl (C=O) groups excluding carboxylic acids is 1. The van der Waals surface area contributed by atoms with E-state index < -0.39 is 0 Å². The van der Waals surface area contributed by atoms with Crippen LogP contribution >= 0.6 is 11.8 Å². The summed E-state index contributed by atoms with van der Waals surface area (Å²) in [6, 6.07) is 0.443. The van der Waals surface area contributed by atoms with E-state index in [1.54, 1.807) is 0 Å². The van der Waals surface area contributed by atoms with Crippen LogP contribution in [0.1, 0.15) is 32.7 Å². The molecule has 21 heavy (non-hydrogen) atoms. The van der Waals surface area contributed by atoms with E-state index in [9.17, 15) is 4.79 Å². The number of carbonyl (C=O) groups is 1. The quantitative estimate of drug-likeness (QED) is 0.744. The molecule has 0 aromatic carbocycles. The van der Waals surface area contributed by atoms with E-state index >= 15 is 0 Å². The Morgan fingerprint density at radius 3 is 2.67 bits per heavy atom. The lowest BCUT2D eigenvalue weighted by atomic mass is 10.3. The second kappa shape index (κ2) is 6.31. The highest BCUT2D eigenvalue weighted by Crippen LogP contribution is 2.37. The first-order chi connectivity index (χ1) is 10.2. The van der Waals surface area contributed by atoms with Crippen molar-refractivity contribution in [2.45, 2.75) is 43.1 Å². The Morgan fingerprint density at radius 2 is 2.05 bits per heavy atom. The molecule has 0 spiro atoms. The third kappa shape index (κ3) is 3.37. The van der Waals surface area contributed by atoms with Crippen LogP contribution in [-0.2, 0) is 4.79 Å². The lowest BCUT2D eigenvalue weighted by Gasteiger charge is -2.35. The van der Waals surface area contributed by atoms with E-state index in [0.29, 0.717) is 6.04 Å². The number of hydrogen-bond donors (Lipinski definition) is 0. The fraction of sp³-hybridized carbons (Fsp3) is 0.846. The predicted octanol–water partition coefficient (Wildman–Crippen LogP) is 0.653. The zero-order valence-electron chi connectivity index (χ0n) is 12.6. The Labute approximate surface area is 129 Å². The molecule has 8 heteroatoms. The molecule has 7 nitrogen and oxygen atoms in total. The van der Waals surface area contributed by atoms with Gasteiger partial charge >= 0.3 is 0 Å². The Kier molecular flexibility index (Phi) is 4.44. The SMILES string of the molecule is CCN1CCN(C(=O)C(C)Sc2nnnn2C2CC2)CC1. The maximum atomic E-state index is 12.5. The van der Waals surface area contributed by atoms with Crippen molar-refractivity contribution in [3.05, 3.63) is 0 Å². The number of aromatic nitrogens is 4. The van der Waals surface area contributed by atoms with E-state index in [-0.39, 0.29) is 11.2 Å². The molecule has 2 heterocycles. The summed E-state index contributed by atoms with van der Waals surface area (Å²) in [4.78, 5) is 16.9. The molecular weight excluding hydrogens is 288 g/mol. The summed E-state index contributed by atoms with van der Waals surface area (Å²) in [5, 5.41) is 12.5. The first-order valence-corrected chi connectivity index (χ1v) is 8.52. The summed E-state index contributed by atoms with van der Waals surface area (Å²) in [5.74, 6) is 0.195. The molecule has 1 saturated heterocycles. The van der Waals surface area contributed by atoms with Crippen molar-refractivity contribution in [2.24, 2.45) is 0 Å². The zero-order valence-corrected chi connectivity index (χ0v) is 13.4. The summed E-state index contributed by atoms with van der Waals surface area (Å²) in [6.45, 7) is 8.76. The third-order valence-corrected chi connectivity index (χ3v) is 5.15. The molecular formula is C13H22N6OS. The van der Waals surface area contributed by atoms with Gasteiger partial charge in [-0.05, 0) is 36.7 Å². The summed E-state index contributed by atoms with van der Waals surface area (Å²) in [7, 11) is 0. The smallest absolute Gasteiger partial charge is 0.235 e. The Balaban J connectivity index is 1.56. The number of nitrogens with zero attached hydrogens (tertiary/aromatic N) is 6. The van der Waals surface area contributed by atoms with Gasteiger partial charge in [0.25, 0.3) is 0 Å². The first-order valence-electron chi connectivity index (χ1n) is 7.64. The van der Waals surface area contributed by atoms with Crippen LogP contribution in [0.2, 0.25) is 0 Å². The van der Waals surface area contributed by atoms with Crippen molar-refractivity contribution < 1.29 is 4.79 Å². The Hall–Kier alpha value is -1.15. The zero-order chi connectivity index (χ0) is 14.8. The van der Waals surface area contributed by atoms with Gasteiger partial charge in [0.15, 0.2) is 0 Å². The summed E-state index contributed by atoms with van der Waals surface area (Å²) in [6.07, 6.45) is 2.28. The molecule has 2 fully saturated rings. The molecule has 0 radical (unpaired) electrons. The number of rotatable bonds is 5. The minimum Gasteiger partial charge on any atom is -0.339 e. The van der Waals surface area contributed by atoms with E-state index in [4.69, 9.17) is 0 Å². The molecule has 1 aromatic heterocycles. The number of likely N-dealkylation sites (N-methyl/N-ethyl adjacent to an activating group) is 1. The second-order valence-electron chi connectivity index (χ2n) is 5.66. The normalized spacial score (nSPS) is 21.5. The van der Waals surface area contributed by atoms with Gasteiger partial charge in [-0.3, -0.25) is 4.79 Å². The average Bonchev–Trinajstić information content (AvgIpc) is 3.26. The van der Waals surface area contributed by atoms with Crippen molar-refractivity contribution in [2.75, 3.05) is 32.7 Å². The van der Waals surface area contributed by atoms with Crippen LogP contribution < -0.4 is 0 Å². The molecule has 1 unspecified atom stereocenters. The van der Waals surface area contributed by atoms with E-state index in [2.05, 4.69) is 27.3 Å². The number of amides is 1. The Morgan fingerprint density at radius 1 is 1.33 bits per heavy atom. The van der Waals surface area contributed by atoms with Crippen molar-refractivity contribution in [3.8, 4) is 0 Å². The standard InChI is InChI=1S/C13H22N6OS/c1-3-17-6-8-18(9-7-17)12(20)10(2)21-13-14-15-16-19(13)11-4-5-11/h10-11H,3-9H2,1-2H3. The highest BCUT2D eigenvalue weighted by Gasteiger charge is 2.31. The molecule has 3 rings (SSSR count).